The number of rotatable bonds is 7. The van der Waals surface area contributed by atoms with E-state index in [0.29, 0.717) is 13.0 Å². The summed E-state index contributed by atoms with van der Waals surface area (Å²) in [4.78, 5) is 27.2. The van der Waals surface area contributed by atoms with Gasteiger partial charge in [0, 0.05) is 6.21 Å². The monoisotopic (exact) mass is 244 g/mol. The van der Waals surface area contributed by atoms with Gasteiger partial charge in [-0.2, -0.15) is 4.99 Å². The predicted octanol–water partition coefficient (Wildman–Crippen LogP) is 1.26. The highest BCUT2D eigenvalue weighted by Gasteiger charge is 2.16. The van der Waals surface area contributed by atoms with Crippen LogP contribution in [-0.4, -0.2) is 55.0 Å². The molecule has 0 saturated heterocycles. The summed E-state index contributed by atoms with van der Waals surface area (Å²) in [6.07, 6.45) is 0.786. The average Bonchev–Trinajstić information content (AvgIpc) is 2.32. The number of aliphatic imine (C=N–C) groups is 1. The Hall–Kier alpha value is -1.43. The molecule has 6 heteroatoms. The molecule has 0 spiro atoms. The molecule has 1 unspecified atom stereocenters. The highest BCUT2D eigenvalue weighted by molar-refractivity contribution is 5.92. The van der Waals surface area contributed by atoms with Crippen LogP contribution in [0.25, 0.3) is 0 Å². The van der Waals surface area contributed by atoms with Gasteiger partial charge in [0.25, 0.3) is 0 Å². The van der Waals surface area contributed by atoms with Crippen LogP contribution in [0.2, 0.25) is 0 Å². The minimum Gasteiger partial charge on any atom is -0.481 e. The molecule has 0 radical (unpaired) electrons. The summed E-state index contributed by atoms with van der Waals surface area (Å²) in [6.45, 7) is 6.44. The number of ether oxygens (including phenoxy) is 1. The van der Waals surface area contributed by atoms with Gasteiger partial charge in [0.05, 0.1) is 13.0 Å². The summed E-state index contributed by atoms with van der Waals surface area (Å²) in [7, 11) is 1.20. The lowest BCUT2D eigenvalue weighted by Gasteiger charge is -2.18. The van der Waals surface area contributed by atoms with Crippen LogP contribution in [0.4, 0.5) is 4.79 Å². The third kappa shape index (κ3) is 6.68. The molecule has 98 valence electrons. The van der Waals surface area contributed by atoms with Crippen molar-refractivity contribution < 1.29 is 19.4 Å². The number of amides is 1. The van der Waals surface area contributed by atoms with E-state index in [4.69, 9.17) is 5.11 Å². The molecule has 0 rings (SSSR count). The van der Waals surface area contributed by atoms with Crippen molar-refractivity contribution in [3.8, 4) is 0 Å². The maximum Gasteiger partial charge on any atom is 0.432 e. The zero-order valence-corrected chi connectivity index (χ0v) is 10.5. The highest BCUT2D eigenvalue weighted by atomic mass is 16.5. The number of methoxy groups -OCH3 is 1. The molecule has 1 atom stereocenters. The molecule has 0 aliphatic rings. The van der Waals surface area contributed by atoms with Crippen molar-refractivity contribution in [1.29, 1.82) is 0 Å². The number of aliphatic carboxylic acids is 1. The molecule has 0 saturated carbocycles. The lowest BCUT2D eigenvalue weighted by Crippen LogP contribution is -2.28. The second kappa shape index (κ2) is 8.69. The van der Waals surface area contributed by atoms with Gasteiger partial charge in [0.2, 0.25) is 0 Å². The van der Waals surface area contributed by atoms with Gasteiger partial charge in [0.15, 0.2) is 0 Å². The third-order valence-electron chi connectivity index (χ3n) is 2.50. The number of carboxylic acid groups (broad SMARTS) is 1. The molecule has 0 aromatic carbocycles. The van der Waals surface area contributed by atoms with E-state index in [9.17, 15) is 9.59 Å². The Morgan fingerprint density at radius 1 is 1.41 bits per heavy atom. The van der Waals surface area contributed by atoms with Crippen molar-refractivity contribution in [3.05, 3.63) is 0 Å². The Morgan fingerprint density at radius 3 is 2.41 bits per heavy atom. The van der Waals surface area contributed by atoms with Gasteiger partial charge >= 0.3 is 12.1 Å². The summed E-state index contributed by atoms with van der Waals surface area (Å²) < 4.78 is 4.31. The molecule has 0 aliphatic carbocycles. The normalized spacial score (nSPS) is 12.9. The lowest BCUT2D eigenvalue weighted by molar-refractivity contribution is -0.139. The quantitative estimate of drug-likeness (QED) is 0.682. The molecule has 17 heavy (non-hydrogen) atoms. The van der Waals surface area contributed by atoms with Crippen molar-refractivity contribution in [1.82, 2.24) is 4.90 Å². The van der Waals surface area contributed by atoms with E-state index in [2.05, 4.69) is 14.6 Å². The Balaban J connectivity index is 4.30. The fraction of sp³-hybridized carbons (Fsp3) is 0.727. The minimum absolute atomic E-state index is 0.428. The van der Waals surface area contributed by atoms with Crippen LogP contribution in [0.5, 0.6) is 0 Å². The smallest absolute Gasteiger partial charge is 0.432 e. The van der Waals surface area contributed by atoms with E-state index >= 15 is 0 Å². The van der Waals surface area contributed by atoms with Gasteiger partial charge in [0.1, 0.15) is 0 Å². The van der Waals surface area contributed by atoms with E-state index < -0.39 is 18.0 Å². The highest BCUT2D eigenvalue weighted by Crippen LogP contribution is 2.03. The zero-order chi connectivity index (χ0) is 13.3. The first-order valence-electron chi connectivity index (χ1n) is 5.62. The molecule has 6 nitrogen and oxygen atoms in total. The molecule has 1 amide bonds. The van der Waals surface area contributed by atoms with Gasteiger partial charge < -0.3 is 14.7 Å². The van der Waals surface area contributed by atoms with E-state index in [1.54, 1.807) is 0 Å². The molecule has 0 aliphatic heterocycles. The van der Waals surface area contributed by atoms with Crippen LogP contribution in [-0.2, 0) is 9.53 Å². The molecular weight excluding hydrogens is 224 g/mol. The maximum absolute atomic E-state index is 10.9. The lowest BCUT2D eigenvalue weighted by atomic mass is 10.1. The Kier molecular flexibility index (Phi) is 7.96. The first kappa shape index (κ1) is 15.6. The van der Waals surface area contributed by atoms with E-state index in [0.717, 1.165) is 19.3 Å². The molecule has 0 aromatic heterocycles. The van der Waals surface area contributed by atoms with Gasteiger partial charge in [-0.3, -0.25) is 4.79 Å². The fourth-order valence-electron chi connectivity index (χ4n) is 1.33. The first-order chi connectivity index (χ1) is 8.04. The first-order valence-corrected chi connectivity index (χ1v) is 5.62. The molecule has 0 bridgehead atoms. The van der Waals surface area contributed by atoms with Crippen LogP contribution in [0.1, 0.15) is 20.3 Å². The molecule has 0 aromatic rings. The molecule has 0 heterocycles. The Labute approximate surface area is 101 Å². The third-order valence-corrected chi connectivity index (χ3v) is 2.50. The van der Waals surface area contributed by atoms with Crippen LogP contribution in [0.3, 0.4) is 0 Å². The Bertz CT molecular complexity index is 275. The van der Waals surface area contributed by atoms with E-state index in [1.807, 2.05) is 13.8 Å². The van der Waals surface area contributed by atoms with Crippen LogP contribution in [0, 0.1) is 5.92 Å². The van der Waals surface area contributed by atoms with Crippen LogP contribution < -0.4 is 0 Å². The van der Waals surface area contributed by atoms with Crippen molar-refractivity contribution in [2.45, 2.75) is 20.3 Å². The summed E-state index contributed by atoms with van der Waals surface area (Å²) in [6, 6.07) is 0. The van der Waals surface area contributed by atoms with Gasteiger partial charge in [-0.25, -0.2) is 4.79 Å². The number of carbonyl (C=O) groups excluding carboxylic acids is 1. The number of hydrogen-bond donors (Lipinski definition) is 1. The largest absolute Gasteiger partial charge is 0.481 e. The number of carbonyl (C=O) groups is 2. The number of nitrogens with zero attached hydrogens (tertiary/aromatic N) is 2. The van der Waals surface area contributed by atoms with Crippen molar-refractivity contribution in [3.63, 3.8) is 0 Å². The van der Waals surface area contributed by atoms with Gasteiger partial charge in [-0.1, -0.05) is 13.8 Å². The predicted molar refractivity (Wildman–Crippen MR) is 64.4 cm³/mol. The summed E-state index contributed by atoms with van der Waals surface area (Å²) in [5.41, 5.74) is 0. The topological polar surface area (TPSA) is 79.2 Å². The van der Waals surface area contributed by atoms with Gasteiger partial charge in [-0.15, -0.1) is 0 Å². The average molecular weight is 244 g/mol. The maximum atomic E-state index is 10.9. The summed E-state index contributed by atoms with van der Waals surface area (Å²) in [5, 5.41) is 8.96. The SMILES string of the molecule is CCN(CC)CCC(C=NC(=O)OC)C(=O)O. The minimum atomic E-state index is -0.982. The second-order valence-corrected chi connectivity index (χ2v) is 3.51. The van der Waals surface area contributed by atoms with Crippen molar-refractivity contribution in [2.24, 2.45) is 10.9 Å². The van der Waals surface area contributed by atoms with Crippen molar-refractivity contribution in [2.75, 3.05) is 26.7 Å². The summed E-state index contributed by atoms with van der Waals surface area (Å²) in [5.74, 6) is -1.74. The zero-order valence-electron chi connectivity index (χ0n) is 10.5. The summed E-state index contributed by atoms with van der Waals surface area (Å²) >= 11 is 0. The molecule has 1 N–H and O–H groups in total. The standard InChI is InChI=1S/C11H20N2O4/c1-4-13(5-2)7-6-9(10(14)15)8-12-11(16)17-3/h8-9H,4-7H2,1-3H3,(H,14,15). The molecule has 0 fully saturated rings. The second-order valence-electron chi connectivity index (χ2n) is 3.51. The van der Waals surface area contributed by atoms with E-state index in [-0.39, 0.29) is 0 Å². The number of hydrogen-bond acceptors (Lipinski definition) is 4. The van der Waals surface area contributed by atoms with Crippen LogP contribution in [0.15, 0.2) is 4.99 Å². The van der Waals surface area contributed by atoms with Crippen molar-refractivity contribution >= 4 is 18.3 Å². The van der Waals surface area contributed by atoms with E-state index in [1.165, 1.54) is 7.11 Å². The fourth-order valence-corrected chi connectivity index (χ4v) is 1.33. The van der Waals surface area contributed by atoms with Crippen LogP contribution >= 0.6 is 0 Å². The Morgan fingerprint density at radius 2 is 2.00 bits per heavy atom. The van der Waals surface area contributed by atoms with Gasteiger partial charge in [-0.05, 0) is 26.1 Å². The number of carboxylic acids is 1. The molecular formula is C11H20N2O4.